The Morgan fingerprint density at radius 1 is 1.54 bits per heavy atom. The van der Waals surface area contributed by atoms with E-state index < -0.39 is 7.60 Å². The smallest absolute Gasteiger partial charge is 0.325 e. The van der Waals surface area contributed by atoms with E-state index >= 15 is 0 Å². The molecule has 6 heteroatoms. The third kappa shape index (κ3) is 5.05. The Kier molecular flexibility index (Phi) is 3.93. The third-order valence-electron chi connectivity index (χ3n) is 1.36. The van der Waals surface area contributed by atoms with Crippen LogP contribution in [0.1, 0.15) is 6.42 Å². The highest BCUT2D eigenvalue weighted by Crippen LogP contribution is 2.34. The average Bonchev–Trinajstić information content (AvgIpc) is 2.48. The molecule has 1 rings (SSSR count). The second-order valence-electron chi connectivity index (χ2n) is 2.55. The van der Waals surface area contributed by atoms with Gasteiger partial charge in [0.25, 0.3) is 0 Å². The first-order chi connectivity index (χ1) is 6.08. The summed E-state index contributed by atoms with van der Waals surface area (Å²) in [6, 6.07) is 1.82. The molecule has 0 aromatic carbocycles. The van der Waals surface area contributed by atoms with Crippen LogP contribution >= 0.6 is 18.9 Å². The minimum atomic E-state index is -3.85. The van der Waals surface area contributed by atoms with Gasteiger partial charge in [-0.3, -0.25) is 4.57 Å². The molecule has 0 unspecified atom stereocenters. The Bertz CT molecular complexity index is 279. The van der Waals surface area contributed by atoms with Gasteiger partial charge in [0.2, 0.25) is 0 Å². The molecule has 0 saturated carbocycles. The van der Waals surface area contributed by atoms with E-state index in [-0.39, 0.29) is 6.16 Å². The first-order valence-electron chi connectivity index (χ1n) is 3.77. The van der Waals surface area contributed by atoms with Crippen molar-refractivity contribution in [3.63, 3.8) is 0 Å². The standard InChI is InChI=1S/C7H11O4PS/c8-12(9,10)4-1-3-11-7-2-5-13-6-7/h2,5-6H,1,3-4H2,(H2,8,9,10). The van der Waals surface area contributed by atoms with Crippen LogP contribution in [0.5, 0.6) is 5.75 Å². The van der Waals surface area contributed by atoms with Gasteiger partial charge in [0.15, 0.2) is 0 Å². The predicted octanol–water partition coefficient (Wildman–Crippen LogP) is 1.69. The van der Waals surface area contributed by atoms with Crippen LogP contribution in [0.2, 0.25) is 0 Å². The van der Waals surface area contributed by atoms with Gasteiger partial charge in [0, 0.05) is 5.38 Å². The lowest BCUT2D eigenvalue weighted by Gasteiger charge is -2.04. The number of hydrogen-bond donors (Lipinski definition) is 2. The molecule has 0 bridgehead atoms. The van der Waals surface area contributed by atoms with Gasteiger partial charge in [0.05, 0.1) is 12.8 Å². The highest BCUT2D eigenvalue weighted by Gasteiger charge is 2.11. The van der Waals surface area contributed by atoms with Crippen LogP contribution in [0.4, 0.5) is 0 Å². The fourth-order valence-electron chi connectivity index (χ4n) is 0.795. The lowest BCUT2D eigenvalue weighted by Crippen LogP contribution is -1.99. The van der Waals surface area contributed by atoms with Gasteiger partial charge in [-0.15, -0.1) is 11.3 Å². The van der Waals surface area contributed by atoms with E-state index in [0.29, 0.717) is 13.0 Å². The van der Waals surface area contributed by atoms with Gasteiger partial charge in [-0.05, 0) is 17.9 Å². The molecular formula is C7H11O4PS. The molecule has 0 spiro atoms. The van der Waals surface area contributed by atoms with Crippen LogP contribution in [0.25, 0.3) is 0 Å². The Morgan fingerprint density at radius 2 is 2.31 bits per heavy atom. The average molecular weight is 222 g/mol. The maximum absolute atomic E-state index is 10.4. The molecule has 0 amide bonds. The Labute approximate surface area is 80.3 Å². The maximum Gasteiger partial charge on any atom is 0.325 e. The van der Waals surface area contributed by atoms with Gasteiger partial charge < -0.3 is 14.5 Å². The normalized spacial score (nSPS) is 11.5. The zero-order valence-corrected chi connectivity index (χ0v) is 8.63. The molecule has 2 N–H and O–H groups in total. The Morgan fingerprint density at radius 3 is 2.85 bits per heavy atom. The molecule has 0 aliphatic carbocycles. The van der Waals surface area contributed by atoms with Crippen molar-refractivity contribution < 1.29 is 19.1 Å². The maximum atomic E-state index is 10.4. The van der Waals surface area contributed by atoms with Gasteiger partial charge in [-0.2, -0.15) is 0 Å². The van der Waals surface area contributed by atoms with E-state index in [2.05, 4.69) is 0 Å². The summed E-state index contributed by atoms with van der Waals surface area (Å²) in [6.45, 7) is 0.349. The topological polar surface area (TPSA) is 66.8 Å². The highest BCUT2D eigenvalue weighted by molar-refractivity contribution is 7.51. The number of ether oxygens (including phenoxy) is 1. The summed E-state index contributed by atoms with van der Waals surface area (Å²) < 4.78 is 15.6. The number of rotatable bonds is 5. The first kappa shape index (κ1) is 10.7. The molecular weight excluding hydrogens is 211 g/mol. The van der Waals surface area contributed by atoms with Crippen molar-refractivity contribution in [3.05, 3.63) is 16.8 Å². The minimum absolute atomic E-state index is 0.114. The van der Waals surface area contributed by atoms with Crippen molar-refractivity contribution in [1.82, 2.24) is 0 Å². The molecule has 1 aromatic rings. The third-order valence-corrected chi connectivity index (χ3v) is 2.92. The van der Waals surface area contributed by atoms with E-state index in [1.807, 2.05) is 16.8 Å². The summed E-state index contributed by atoms with van der Waals surface area (Å²) in [4.78, 5) is 17.1. The molecule has 0 radical (unpaired) electrons. The molecule has 0 fully saturated rings. The number of thiophene rings is 1. The lowest BCUT2D eigenvalue weighted by atomic mass is 10.5. The van der Waals surface area contributed by atoms with Crippen LogP contribution < -0.4 is 4.74 Å². The summed E-state index contributed by atoms with van der Waals surface area (Å²) in [5.74, 6) is 0.760. The van der Waals surface area contributed by atoms with Crippen LogP contribution in [0.15, 0.2) is 16.8 Å². The van der Waals surface area contributed by atoms with Crippen LogP contribution in [-0.2, 0) is 4.57 Å². The highest BCUT2D eigenvalue weighted by atomic mass is 32.1. The van der Waals surface area contributed by atoms with Crippen molar-refractivity contribution in [2.45, 2.75) is 6.42 Å². The van der Waals surface area contributed by atoms with Crippen molar-refractivity contribution in [3.8, 4) is 5.75 Å². The zero-order chi connectivity index (χ0) is 9.73. The SMILES string of the molecule is O=P(O)(O)CCCOc1ccsc1. The molecule has 74 valence electrons. The monoisotopic (exact) mass is 222 g/mol. The van der Waals surface area contributed by atoms with Crippen molar-refractivity contribution in [2.75, 3.05) is 12.8 Å². The zero-order valence-electron chi connectivity index (χ0n) is 6.92. The quantitative estimate of drug-likeness (QED) is 0.587. The fourth-order valence-corrected chi connectivity index (χ4v) is 1.91. The fraction of sp³-hybridized carbons (Fsp3) is 0.429. The van der Waals surface area contributed by atoms with E-state index in [0.717, 1.165) is 5.75 Å². The lowest BCUT2D eigenvalue weighted by molar-refractivity contribution is 0.310. The van der Waals surface area contributed by atoms with E-state index in [9.17, 15) is 4.57 Å². The molecule has 4 nitrogen and oxygen atoms in total. The molecule has 0 aliphatic rings. The van der Waals surface area contributed by atoms with Crippen molar-refractivity contribution in [1.29, 1.82) is 0 Å². The van der Waals surface area contributed by atoms with E-state index in [1.165, 1.54) is 11.3 Å². The van der Waals surface area contributed by atoms with Gasteiger partial charge in [0.1, 0.15) is 5.75 Å². The second-order valence-corrected chi connectivity index (χ2v) is 5.11. The van der Waals surface area contributed by atoms with Crippen molar-refractivity contribution in [2.24, 2.45) is 0 Å². The molecule has 1 heterocycles. The van der Waals surface area contributed by atoms with E-state index in [4.69, 9.17) is 14.5 Å². The second kappa shape index (κ2) is 4.77. The van der Waals surface area contributed by atoms with Crippen molar-refractivity contribution >= 4 is 18.9 Å². The summed E-state index contributed by atoms with van der Waals surface area (Å²) in [7, 11) is -3.85. The van der Waals surface area contributed by atoms with Crippen LogP contribution in [-0.4, -0.2) is 22.6 Å². The van der Waals surface area contributed by atoms with E-state index in [1.54, 1.807) is 0 Å². The van der Waals surface area contributed by atoms with Gasteiger partial charge in [-0.25, -0.2) is 0 Å². The largest absolute Gasteiger partial charge is 0.493 e. The molecule has 13 heavy (non-hydrogen) atoms. The predicted molar refractivity (Wildman–Crippen MR) is 51.3 cm³/mol. The van der Waals surface area contributed by atoms with Crippen LogP contribution in [0.3, 0.4) is 0 Å². The molecule has 0 saturated heterocycles. The minimum Gasteiger partial charge on any atom is -0.493 e. The van der Waals surface area contributed by atoms with Crippen LogP contribution in [0, 0.1) is 0 Å². The molecule has 0 atom stereocenters. The van der Waals surface area contributed by atoms with Gasteiger partial charge in [-0.1, -0.05) is 0 Å². The molecule has 0 aliphatic heterocycles. The Balaban J connectivity index is 2.12. The number of hydrogen-bond acceptors (Lipinski definition) is 3. The summed E-state index contributed by atoms with van der Waals surface area (Å²) >= 11 is 1.52. The first-order valence-corrected chi connectivity index (χ1v) is 6.51. The summed E-state index contributed by atoms with van der Waals surface area (Å²) in [5.41, 5.74) is 0. The summed E-state index contributed by atoms with van der Waals surface area (Å²) in [5, 5.41) is 3.73. The van der Waals surface area contributed by atoms with Gasteiger partial charge >= 0.3 is 7.60 Å². The molecule has 1 aromatic heterocycles. The summed E-state index contributed by atoms with van der Waals surface area (Å²) in [6.07, 6.45) is 0.261. The Hall–Kier alpha value is -0.350.